The molecule has 38 heavy (non-hydrogen) atoms. The molecule has 4 unspecified atom stereocenters. The fraction of sp³-hybridized carbons (Fsp3) is 1.00. The van der Waals surface area contributed by atoms with Gasteiger partial charge >= 0.3 is 117 Å². The van der Waals surface area contributed by atoms with Gasteiger partial charge in [0.25, 0.3) is 14.1 Å². The van der Waals surface area contributed by atoms with Gasteiger partial charge in [-0.1, -0.05) is 103 Å². The second-order valence-corrected chi connectivity index (χ2v) is 23.9. The van der Waals surface area contributed by atoms with Gasteiger partial charge in [-0.15, -0.1) is 0 Å². The molecule has 0 heterocycles. The van der Waals surface area contributed by atoms with Gasteiger partial charge in [-0.25, -0.2) is 0 Å². The molecule has 0 rings (SSSR count). The molecule has 0 amide bonds. The van der Waals surface area contributed by atoms with Crippen LogP contribution < -0.4 is 0 Å². The number of rotatable bonds is 14. The fourth-order valence-electron chi connectivity index (χ4n) is 7.27. The average Bonchev–Trinajstić information content (AvgIpc) is 2.54. The first-order chi connectivity index (χ1) is 16.8. The van der Waals surface area contributed by atoms with Crippen molar-refractivity contribution in [2.75, 3.05) is 0 Å². The summed E-state index contributed by atoms with van der Waals surface area (Å²) in [5.41, 5.74) is 2.01. The fourth-order valence-corrected chi connectivity index (χ4v) is 13.5. The maximum Gasteiger partial charge on any atom is -1.00 e. The third-order valence-corrected chi connectivity index (χ3v) is 14.1. The topological polar surface area (TPSA) is 0 Å². The summed E-state index contributed by atoms with van der Waals surface area (Å²) in [7, 11) is 0. The molecule has 0 aliphatic heterocycles. The summed E-state index contributed by atoms with van der Waals surface area (Å²) in [4.78, 5) is 0. The quantitative estimate of drug-likeness (QED) is 0.184. The van der Waals surface area contributed by atoms with Crippen LogP contribution in [0.25, 0.3) is 0 Å². The molecular formula is C36H78Al2. The van der Waals surface area contributed by atoms with E-state index in [9.17, 15) is 0 Å². The molecule has 0 fully saturated rings. The van der Waals surface area contributed by atoms with Gasteiger partial charge in [-0.3, -0.25) is 0 Å². The van der Waals surface area contributed by atoms with Crippen molar-refractivity contribution in [2.24, 2.45) is 51.2 Å². The number of hydrogen-bond acceptors (Lipinski definition) is 0. The van der Waals surface area contributed by atoms with Crippen LogP contribution >= 0.6 is 0 Å². The zero-order valence-corrected chi connectivity index (χ0v) is 32.7. The summed E-state index contributed by atoms with van der Waals surface area (Å²) < 4.78 is 0. The predicted octanol–water partition coefficient (Wildman–Crippen LogP) is 13.1. The van der Waals surface area contributed by atoms with Crippen LogP contribution in [0.2, 0.25) is 26.4 Å². The summed E-state index contributed by atoms with van der Waals surface area (Å²) in [5, 5.41) is 7.65. The van der Waals surface area contributed by atoms with Gasteiger partial charge in [0, 0.05) is 0 Å². The predicted molar refractivity (Wildman–Crippen MR) is 184 cm³/mol. The molecule has 0 bridgehead atoms. The van der Waals surface area contributed by atoms with E-state index in [1.807, 2.05) is 0 Å². The van der Waals surface area contributed by atoms with Crippen LogP contribution in [0.4, 0.5) is 0 Å². The molecule has 0 aliphatic carbocycles. The van der Waals surface area contributed by atoms with E-state index >= 15 is 0 Å². The van der Waals surface area contributed by atoms with E-state index in [-0.39, 0.29) is 1.43 Å². The Morgan fingerprint density at radius 2 is 0.711 bits per heavy atom. The van der Waals surface area contributed by atoms with Crippen molar-refractivity contribution in [3.05, 3.63) is 0 Å². The minimum Gasteiger partial charge on any atom is -1.00 e. The molecule has 0 nitrogen and oxygen atoms in total. The Hall–Kier alpha value is 1.06. The largest absolute Gasteiger partial charge is 1.00 e. The van der Waals surface area contributed by atoms with E-state index in [1.54, 1.807) is 15.8 Å². The minimum absolute atomic E-state index is 0. The molecule has 2 heteroatoms. The molecule has 228 valence electrons. The first kappa shape index (κ1) is 41.2. The van der Waals surface area contributed by atoms with E-state index in [0.717, 1.165) is 29.6 Å². The van der Waals surface area contributed by atoms with Crippen LogP contribution in [-0.2, 0) is 0 Å². The maximum atomic E-state index is 2.50. The van der Waals surface area contributed by atoms with Crippen molar-refractivity contribution in [1.82, 2.24) is 0 Å². The zero-order valence-electron chi connectivity index (χ0n) is 31.4. The third kappa shape index (κ3) is 31.6. The Bertz CT molecular complexity index is 525. The van der Waals surface area contributed by atoms with Crippen LogP contribution in [0.15, 0.2) is 0 Å². The Morgan fingerprint density at radius 3 is 0.947 bits per heavy atom. The van der Waals surface area contributed by atoms with Gasteiger partial charge in [-0.05, 0) is 23.7 Å². The Kier molecular flexibility index (Phi) is 20.1. The molecule has 0 saturated heterocycles. The molecule has 0 aromatic carbocycles. The van der Waals surface area contributed by atoms with Crippen molar-refractivity contribution < 1.29 is 1.43 Å². The first-order valence-electron chi connectivity index (χ1n) is 16.6. The van der Waals surface area contributed by atoms with E-state index in [1.165, 1.54) is 36.2 Å². The molecule has 0 aliphatic rings. The van der Waals surface area contributed by atoms with Crippen molar-refractivity contribution in [3.63, 3.8) is 0 Å². The second-order valence-electron chi connectivity index (χ2n) is 19.2. The van der Waals surface area contributed by atoms with Gasteiger partial charge in [0.2, 0.25) is 0 Å². The summed E-state index contributed by atoms with van der Waals surface area (Å²) in [6.07, 6.45) is 5.55. The molecule has 0 N–H and O–H groups in total. The van der Waals surface area contributed by atoms with Gasteiger partial charge in [0.1, 0.15) is 0 Å². The van der Waals surface area contributed by atoms with Crippen molar-refractivity contribution >= 4 is 29.4 Å². The minimum atomic E-state index is -0.586. The Labute approximate surface area is 257 Å². The van der Waals surface area contributed by atoms with Crippen molar-refractivity contribution in [2.45, 2.75) is 177 Å². The van der Waals surface area contributed by atoms with Gasteiger partial charge in [-0.2, -0.15) is 0 Å². The van der Waals surface area contributed by atoms with Crippen LogP contribution in [0.1, 0.15) is 152 Å². The van der Waals surface area contributed by atoms with Crippen molar-refractivity contribution in [3.8, 4) is 0 Å². The smallest absolute Gasteiger partial charge is 1.00 e. The summed E-state index contributed by atoms with van der Waals surface area (Å²) in [6.45, 7) is 43.2. The Morgan fingerprint density at radius 1 is 0.447 bits per heavy atom. The molecule has 4 atom stereocenters. The van der Waals surface area contributed by atoms with E-state index in [4.69, 9.17) is 0 Å². The van der Waals surface area contributed by atoms with E-state index in [0.29, 0.717) is 36.9 Å². The summed E-state index contributed by atoms with van der Waals surface area (Å²) in [5.74, 6) is 4.58. The molecular weight excluding hydrogens is 486 g/mol. The monoisotopic (exact) mass is 565 g/mol. The molecule has 0 aromatic heterocycles. The van der Waals surface area contributed by atoms with Gasteiger partial charge < -0.3 is 1.43 Å². The van der Waals surface area contributed by atoms with E-state index < -0.39 is 14.1 Å². The first-order valence-corrected chi connectivity index (χ1v) is 20.7. The third-order valence-electron chi connectivity index (χ3n) is 7.26. The zero-order chi connectivity index (χ0) is 30.5. The van der Waals surface area contributed by atoms with Crippen LogP contribution in [0, 0.1) is 51.2 Å². The normalized spacial score (nSPS) is 16.3. The standard InChI is InChI=1S/4C8H17.C4H9.2Al.H/c4*1-7(2)6-8(3,4)5;1-4(2)3;;;/h4*7H,1,6H2,2-5H3;4H,1H2,2-3H3;;;/q;;;;;;+1;-1. The average molecular weight is 565 g/mol. The molecule has 0 saturated carbocycles. The molecule has 0 radical (unpaired) electrons. The summed E-state index contributed by atoms with van der Waals surface area (Å²) in [6, 6.07) is 0. The molecule has 0 aromatic rings. The molecule has 0 spiro atoms. The van der Waals surface area contributed by atoms with Gasteiger partial charge in [0.05, 0.1) is 0 Å². The van der Waals surface area contributed by atoms with Crippen LogP contribution in [0.3, 0.4) is 0 Å². The van der Waals surface area contributed by atoms with Crippen LogP contribution in [0.5, 0.6) is 0 Å². The summed E-state index contributed by atoms with van der Waals surface area (Å²) >= 11 is 0.0852. The van der Waals surface area contributed by atoms with Crippen molar-refractivity contribution in [1.29, 1.82) is 0 Å². The van der Waals surface area contributed by atoms with Crippen LogP contribution in [-0.4, -0.2) is 29.4 Å². The number of hydrogen-bond donors (Lipinski definition) is 0. The maximum absolute atomic E-state index is 2.50. The Balaban J connectivity index is -0.000000662. The van der Waals surface area contributed by atoms with Gasteiger partial charge in [0.15, 0.2) is 0 Å². The second kappa shape index (κ2) is 18.6. The van der Waals surface area contributed by atoms with E-state index in [2.05, 4.69) is 125 Å². The SMILES string of the molecule is CC(C)[CH2][Al]([CH2]C(C)CC(C)(C)C)[CH2]C(C)CC(C)(C)C.CC([CH2][Al+][CH2]C(C)CC(C)(C)C)CC(C)(C)C.[H-].